The first-order chi connectivity index (χ1) is 10.6. The number of carbonyl (C=O) groups is 1. The van der Waals surface area contributed by atoms with Gasteiger partial charge in [0.15, 0.2) is 0 Å². The average Bonchev–Trinajstić information content (AvgIpc) is 3.26. The van der Waals surface area contributed by atoms with E-state index >= 15 is 0 Å². The van der Waals surface area contributed by atoms with Crippen molar-refractivity contribution in [1.29, 1.82) is 0 Å². The number of rotatable bonds is 2. The van der Waals surface area contributed by atoms with E-state index in [1.165, 1.54) is 24.7 Å². The fourth-order valence-corrected chi connectivity index (χ4v) is 3.06. The molecular formula is C17H13ClN2O2. The van der Waals surface area contributed by atoms with E-state index in [1.807, 2.05) is 30.3 Å². The molecule has 1 heterocycles. The summed E-state index contributed by atoms with van der Waals surface area (Å²) in [4.78, 5) is 15.3. The van der Waals surface area contributed by atoms with Gasteiger partial charge in [0.1, 0.15) is 6.33 Å². The third kappa shape index (κ3) is 2.16. The molecule has 1 aliphatic carbocycles. The van der Waals surface area contributed by atoms with Crippen molar-refractivity contribution in [3.8, 4) is 11.1 Å². The molecule has 2 aromatic carbocycles. The van der Waals surface area contributed by atoms with E-state index < -0.39 is 6.09 Å². The van der Waals surface area contributed by atoms with Crippen LogP contribution in [0.4, 0.5) is 4.79 Å². The summed E-state index contributed by atoms with van der Waals surface area (Å²) in [5, 5.41) is 9.89. The minimum Gasteiger partial charge on any atom is -0.464 e. The van der Waals surface area contributed by atoms with Crippen molar-refractivity contribution >= 4 is 28.7 Å². The number of imidazole rings is 1. The Kier molecular flexibility index (Phi) is 2.94. The van der Waals surface area contributed by atoms with Gasteiger partial charge in [-0.2, -0.15) is 0 Å². The fourth-order valence-electron chi connectivity index (χ4n) is 2.76. The topological polar surface area (TPSA) is 55.1 Å². The Morgan fingerprint density at radius 1 is 1.23 bits per heavy atom. The number of hydrogen-bond donors (Lipinski definition) is 1. The van der Waals surface area contributed by atoms with Crippen LogP contribution < -0.4 is 0 Å². The van der Waals surface area contributed by atoms with Gasteiger partial charge in [-0.25, -0.2) is 14.3 Å². The van der Waals surface area contributed by atoms with Gasteiger partial charge in [-0.15, -0.1) is 0 Å². The third-order valence-corrected chi connectivity index (χ3v) is 4.42. The molecule has 0 saturated heterocycles. The maximum atomic E-state index is 11.2. The van der Waals surface area contributed by atoms with E-state index in [2.05, 4.69) is 11.1 Å². The highest BCUT2D eigenvalue weighted by molar-refractivity contribution is 6.33. The van der Waals surface area contributed by atoms with Crippen LogP contribution in [0, 0.1) is 0 Å². The van der Waals surface area contributed by atoms with E-state index in [0.717, 1.165) is 15.7 Å². The van der Waals surface area contributed by atoms with Crippen molar-refractivity contribution in [2.45, 2.75) is 18.8 Å². The predicted molar refractivity (Wildman–Crippen MR) is 85.6 cm³/mol. The summed E-state index contributed by atoms with van der Waals surface area (Å²) in [6.07, 6.45) is 2.74. The van der Waals surface area contributed by atoms with Gasteiger partial charge in [0.2, 0.25) is 0 Å². The van der Waals surface area contributed by atoms with Crippen LogP contribution in [-0.4, -0.2) is 20.8 Å². The monoisotopic (exact) mass is 312 g/mol. The minimum atomic E-state index is -1.05. The van der Waals surface area contributed by atoms with Gasteiger partial charge in [0.25, 0.3) is 0 Å². The standard InChI is InChI=1S/C17H13ClN2O2/c18-14-7-11(10-1-2-10)3-5-13(14)12-4-6-15-16(8-12)20(9-19-15)17(21)22/h3-10H,1-2H2,(H,21,22). The lowest BCUT2D eigenvalue weighted by Crippen LogP contribution is -2.05. The summed E-state index contributed by atoms with van der Waals surface area (Å²) in [5.41, 5.74) is 4.29. The van der Waals surface area contributed by atoms with Crippen molar-refractivity contribution in [1.82, 2.24) is 9.55 Å². The molecule has 0 unspecified atom stereocenters. The molecule has 0 radical (unpaired) electrons. The average molecular weight is 313 g/mol. The van der Waals surface area contributed by atoms with Gasteiger partial charge in [-0.3, -0.25) is 0 Å². The van der Waals surface area contributed by atoms with Gasteiger partial charge in [-0.05, 0) is 48.1 Å². The van der Waals surface area contributed by atoms with E-state index in [9.17, 15) is 9.90 Å². The Morgan fingerprint density at radius 3 is 2.73 bits per heavy atom. The third-order valence-electron chi connectivity index (χ3n) is 4.11. The molecule has 0 amide bonds. The zero-order valence-corrected chi connectivity index (χ0v) is 12.4. The molecule has 1 saturated carbocycles. The van der Waals surface area contributed by atoms with E-state index in [1.54, 1.807) is 0 Å². The largest absolute Gasteiger partial charge is 0.464 e. The molecule has 0 bridgehead atoms. The van der Waals surface area contributed by atoms with Crippen LogP contribution in [-0.2, 0) is 0 Å². The number of hydrogen-bond acceptors (Lipinski definition) is 2. The summed E-state index contributed by atoms with van der Waals surface area (Å²) in [7, 11) is 0. The lowest BCUT2D eigenvalue weighted by atomic mass is 10.0. The van der Waals surface area contributed by atoms with E-state index in [0.29, 0.717) is 22.0 Å². The van der Waals surface area contributed by atoms with Crippen LogP contribution in [0.5, 0.6) is 0 Å². The molecular weight excluding hydrogens is 300 g/mol. The molecule has 4 rings (SSSR count). The molecule has 0 aliphatic heterocycles. The number of fused-ring (bicyclic) bond motifs is 1. The highest BCUT2D eigenvalue weighted by atomic mass is 35.5. The zero-order valence-electron chi connectivity index (χ0n) is 11.7. The maximum absolute atomic E-state index is 11.2. The first kappa shape index (κ1) is 13.3. The highest BCUT2D eigenvalue weighted by Gasteiger charge is 2.24. The second-order valence-corrected chi connectivity index (χ2v) is 6.02. The zero-order chi connectivity index (χ0) is 15.3. The second-order valence-electron chi connectivity index (χ2n) is 5.61. The Balaban J connectivity index is 1.83. The maximum Gasteiger partial charge on any atom is 0.417 e. The molecule has 110 valence electrons. The van der Waals surface area contributed by atoms with Gasteiger partial charge in [0, 0.05) is 10.6 Å². The van der Waals surface area contributed by atoms with Crippen LogP contribution in [0.15, 0.2) is 42.7 Å². The molecule has 0 spiro atoms. The van der Waals surface area contributed by atoms with Crippen molar-refractivity contribution in [2.24, 2.45) is 0 Å². The van der Waals surface area contributed by atoms with Crippen molar-refractivity contribution in [3.63, 3.8) is 0 Å². The molecule has 1 N–H and O–H groups in total. The smallest absolute Gasteiger partial charge is 0.417 e. The lowest BCUT2D eigenvalue weighted by molar-refractivity contribution is 0.197. The summed E-state index contributed by atoms with van der Waals surface area (Å²) >= 11 is 6.42. The summed E-state index contributed by atoms with van der Waals surface area (Å²) < 4.78 is 1.12. The number of halogens is 1. The molecule has 22 heavy (non-hydrogen) atoms. The first-order valence-electron chi connectivity index (χ1n) is 7.14. The Bertz CT molecular complexity index is 897. The lowest BCUT2D eigenvalue weighted by Gasteiger charge is -2.08. The first-order valence-corrected chi connectivity index (χ1v) is 7.51. The van der Waals surface area contributed by atoms with Crippen LogP contribution in [0.1, 0.15) is 24.3 Å². The van der Waals surface area contributed by atoms with E-state index in [4.69, 9.17) is 11.6 Å². The predicted octanol–water partition coefficient (Wildman–Crippen LogP) is 4.76. The van der Waals surface area contributed by atoms with Gasteiger partial charge >= 0.3 is 6.09 Å². The number of aromatic nitrogens is 2. The number of carboxylic acid groups (broad SMARTS) is 1. The van der Waals surface area contributed by atoms with Crippen molar-refractivity contribution < 1.29 is 9.90 Å². The van der Waals surface area contributed by atoms with Gasteiger partial charge < -0.3 is 5.11 Å². The van der Waals surface area contributed by atoms with Crippen molar-refractivity contribution in [2.75, 3.05) is 0 Å². The Hall–Kier alpha value is -2.33. The quantitative estimate of drug-likeness (QED) is 0.742. The molecule has 5 heteroatoms. The van der Waals surface area contributed by atoms with E-state index in [-0.39, 0.29) is 0 Å². The second kappa shape index (κ2) is 4.85. The SMILES string of the molecule is O=C(O)n1cnc2ccc(-c3ccc(C4CC4)cc3Cl)cc21. The molecule has 0 atom stereocenters. The normalized spacial score (nSPS) is 14.4. The molecule has 4 nitrogen and oxygen atoms in total. The Labute approximate surface area is 132 Å². The Morgan fingerprint density at radius 2 is 2.05 bits per heavy atom. The molecule has 1 fully saturated rings. The van der Waals surface area contributed by atoms with Crippen LogP contribution in [0.2, 0.25) is 5.02 Å². The highest BCUT2D eigenvalue weighted by Crippen LogP contribution is 2.42. The molecule has 1 aromatic heterocycles. The van der Waals surface area contributed by atoms with Crippen LogP contribution >= 0.6 is 11.6 Å². The van der Waals surface area contributed by atoms with Crippen LogP contribution in [0.25, 0.3) is 22.2 Å². The number of nitrogens with zero attached hydrogens (tertiary/aromatic N) is 2. The van der Waals surface area contributed by atoms with Crippen molar-refractivity contribution in [3.05, 3.63) is 53.3 Å². The summed E-state index contributed by atoms with van der Waals surface area (Å²) in [6.45, 7) is 0. The minimum absolute atomic E-state index is 0.562. The van der Waals surface area contributed by atoms with Gasteiger partial charge in [-0.1, -0.05) is 29.8 Å². The summed E-state index contributed by atoms with van der Waals surface area (Å²) in [5.74, 6) is 0.655. The number of benzene rings is 2. The van der Waals surface area contributed by atoms with Gasteiger partial charge in [0.05, 0.1) is 11.0 Å². The molecule has 1 aliphatic rings. The summed E-state index contributed by atoms with van der Waals surface area (Å²) in [6, 6.07) is 11.7. The fraction of sp³-hybridized carbons (Fsp3) is 0.176. The molecule has 3 aromatic rings. The van der Waals surface area contributed by atoms with Crippen LogP contribution in [0.3, 0.4) is 0 Å².